The molecule has 0 aliphatic carbocycles. The van der Waals surface area contributed by atoms with Crippen molar-refractivity contribution < 1.29 is 27.3 Å². The molecule has 2 heterocycles. The molecule has 168 valence electrons. The summed E-state index contributed by atoms with van der Waals surface area (Å²) in [5.41, 5.74) is 1.83. The Morgan fingerprint density at radius 1 is 1.23 bits per heavy atom. The SMILES string of the molecule is N[C@H]1CC[S@@](=O)(CC[C@@](O)(c2cnc(-c3ccc(Cl)cc3Cl)cn2)C(F)(F)F)=NC1=O. The van der Waals surface area contributed by atoms with Gasteiger partial charge in [0.15, 0.2) is 0 Å². The maximum Gasteiger partial charge on any atom is 0.423 e. The van der Waals surface area contributed by atoms with Crippen molar-refractivity contribution in [2.45, 2.75) is 30.7 Å². The molecule has 0 unspecified atom stereocenters. The van der Waals surface area contributed by atoms with Crippen molar-refractivity contribution in [1.29, 1.82) is 0 Å². The molecule has 1 amide bonds. The second-order valence-corrected chi connectivity index (χ2v) is 10.4. The van der Waals surface area contributed by atoms with Gasteiger partial charge < -0.3 is 10.8 Å². The Morgan fingerprint density at radius 3 is 2.48 bits per heavy atom. The van der Waals surface area contributed by atoms with Crippen LogP contribution in [0.4, 0.5) is 13.2 Å². The van der Waals surface area contributed by atoms with Crippen LogP contribution in [-0.2, 0) is 20.1 Å². The van der Waals surface area contributed by atoms with Crippen LogP contribution < -0.4 is 5.73 Å². The monoisotopic (exact) mass is 496 g/mol. The van der Waals surface area contributed by atoms with Crippen LogP contribution in [0, 0.1) is 0 Å². The van der Waals surface area contributed by atoms with Gasteiger partial charge in [-0.15, -0.1) is 0 Å². The van der Waals surface area contributed by atoms with Crippen LogP contribution >= 0.6 is 23.2 Å². The fourth-order valence-corrected chi connectivity index (χ4v) is 5.55. The van der Waals surface area contributed by atoms with Crippen molar-refractivity contribution in [3.63, 3.8) is 0 Å². The lowest BCUT2D eigenvalue weighted by Crippen LogP contribution is -2.45. The lowest BCUT2D eigenvalue weighted by Gasteiger charge is -2.30. The second-order valence-electron chi connectivity index (χ2n) is 7.02. The van der Waals surface area contributed by atoms with E-state index in [2.05, 4.69) is 14.3 Å². The third-order valence-corrected chi connectivity index (χ3v) is 7.63. The second kappa shape index (κ2) is 8.62. The highest BCUT2D eigenvalue weighted by molar-refractivity contribution is 7.93. The highest BCUT2D eigenvalue weighted by Crippen LogP contribution is 2.41. The number of hydrogen-bond acceptors (Lipinski definition) is 6. The van der Waals surface area contributed by atoms with Crippen molar-refractivity contribution in [1.82, 2.24) is 9.97 Å². The predicted molar refractivity (Wildman–Crippen MR) is 110 cm³/mol. The molecule has 3 rings (SSSR count). The fourth-order valence-electron chi connectivity index (χ4n) is 2.96. The van der Waals surface area contributed by atoms with E-state index >= 15 is 0 Å². The molecule has 1 aromatic carbocycles. The summed E-state index contributed by atoms with van der Waals surface area (Å²) < 4.78 is 57.5. The van der Waals surface area contributed by atoms with Crippen molar-refractivity contribution in [3.8, 4) is 11.3 Å². The van der Waals surface area contributed by atoms with Crippen LogP contribution in [0.3, 0.4) is 0 Å². The van der Waals surface area contributed by atoms with E-state index in [0.29, 0.717) is 10.6 Å². The van der Waals surface area contributed by atoms with Crippen molar-refractivity contribution in [3.05, 3.63) is 46.3 Å². The highest BCUT2D eigenvalue weighted by atomic mass is 35.5. The average Bonchev–Trinajstić information content (AvgIpc) is 2.69. The lowest BCUT2D eigenvalue weighted by atomic mass is 9.96. The summed E-state index contributed by atoms with van der Waals surface area (Å²) in [4.78, 5) is 19.3. The number of nitrogens with zero attached hydrogens (tertiary/aromatic N) is 3. The van der Waals surface area contributed by atoms with Gasteiger partial charge in [0.1, 0.15) is 0 Å². The minimum atomic E-state index is -5.15. The van der Waals surface area contributed by atoms with Gasteiger partial charge in [0, 0.05) is 28.5 Å². The first-order valence-electron chi connectivity index (χ1n) is 8.94. The van der Waals surface area contributed by atoms with Crippen molar-refractivity contribution >= 4 is 38.8 Å². The largest absolute Gasteiger partial charge is 0.423 e. The van der Waals surface area contributed by atoms with Gasteiger partial charge in [-0.05, 0) is 24.6 Å². The van der Waals surface area contributed by atoms with Crippen LogP contribution in [0.25, 0.3) is 11.3 Å². The predicted octanol–water partition coefficient (Wildman–Crippen LogP) is 3.32. The third-order valence-electron chi connectivity index (χ3n) is 4.86. The average molecular weight is 497 g/mol. The first-order valence-corrected chi connectivity index (χ1v) is 11.5. The van der Waals surface area contributed by atoms with Gasteiger partial charge in [0.25, 0.3) is 5.91 Å². The summed E-state index contributed by atoms with van der Waals surface area (Å²) in [7, 11) is -3.28. The van der Waals surface area contributed by atoms with E-state index < -0.39 is 51.3 Å². The molecule has 2 aromatic rings. The smallest absolute Gasteiger partial charge is 0.375 e. The zero-order valence-corrected chi connectivity index (χ0v) is 18.1. The number of amides is 1. The van der Waals surface area contributed by atoms with E-state index in [1.807, 2.05) is 0 Å². The number of rotatable bonds is 5. The number of hydrogen-bond donors (Lipinski definition) is 2. The molecule has 1 aromatic heterocycles. The lowest BCUT2D eigenvalue weighted by molar-refractivity contribution is -0.269. The molecule has 3 N–H and O–H groups in total. The zero-order valence-electron chi connectivity index (χ0n) is 15.8. The summed E-state index contributed by atoms with van der Waals surface area (Å²) in [6.07, 6.45) is -4.31. The first-order chi connectivity index (χ1) is 14.3. The molecule has 0 saturated heterocycles. The molecular formula is C18H17Cl2F3N4O3S. The molecular weight excluding hydrogens is 480 g/mol. The van der Waals surface area contributed by atoms with E-state index in [-0.39, 0.29) is 22.9 Å². The number of alkyl halides is 3. The third kappa shape index (κ3) is 5.01. The van der Waals surface area contributed by atoms with Crippen LogP contribution in [0.15, 0.2) is 35.0 Å². The van der Waals surface area contributed by atoms with Crippen LogP contribution in [0.1, 0.15) is 18.5 Å². The van der Waals surface area contributed by atoms with E-state index in [1.54, 1.807) is 0 Å². The minimum Gasteiger partial charge on any atom is -0.375 e. The normalized spacial score (nSPS) is 23.8. The molecule has 31 heavy (non-hydrogen) atoms. The summed E-state index contributed by atoms with van der Waals surface area (Å²) in [5.74, 6) is -1.61. The van der Waals surface area contributed by atoms with Crippen LogP contribution in [0.5, 0.6) is 0 Å². The van der Waals surface area contributed by atoms with E-state index in [1.165, 1.54) is 18.2 Å². The number of carbonyl (C=O) groups excluding carboxylic acids is 1. The number of benzene rings is 1. The van der Waals surface area contributed by atoms with Gasteiger partial charge in [-0.2, -0.15) is 17.5 Å². The Morgan fingerprint density at radius 2 is 1.94 bits per heavy atom. The molecule has 7 nitrogen and oxygen atoms in total. The van der Waals surface area contributed by atoms with Gasteiger partial charge in [0.05, 0.1) is 44.6 Å². The van der Waals surface area contributed by atoms with Gasteiger partial charge in [-0.25, -0.2) is 4.21 Å². The molecule has 0 radical (unpaired) electrons. The topological polar surface area (TPSA) is 119 Å². The number of halogens is 5. The van der Waals surface area contributed by atoms with Gasteiger partial charge in [0.2, 0.25) is 5.60 Å². The molecule has 3 atom stereocenters. The van der Waals surface area contributed by atoms with E-state index in [0.717, 1.165) is 12.4 Å². The zero-order chi connectivity index (χ0) is 23.0. The summed E-state index contributed by atoms with van der Waals surface area (Å²) in [6.45, 7) is 0. The Hall–Kier alpha value is -1.79. The number of aromatic nitrogens is 2. The first kappa shape index (κ1) is 23.9. The molecule has 13 heteroatoms. The standard InChI is InChI=1S/C18H17Cl2F3N4O3S/c19-10-1-2-11(12(20)7-10)14-8-26-15(9-25-14)17(29,18(21,22)23)4-6-31(30)5-3-13(24)16(28)27-31/h1-2,7-9,13,29H,3-6,24H2/t13-,17+,31+/m0/s1. The van der Waals surface area contributed by atoms with Crippen LogP contribution in [0.2, 0.25) is 10.0 Å². The molecule has 0 fully saturated rings. The summed E-state index contributed by atoms with van der Waals surface area (Å²) in [5, 5.41) is 11.1. The summed E-state index contributed by atoms with van der Waals surface area (Å²) in [6, 6.07) is 3.58. The molecule has 0 bridgehead atoms. The van der Waals surface area contributed by atoms with Crippen LogP contribution in [-0.4, -0.2) is 48.9 Å². The summed E-state index contributed by atoms with van der Waals surface area (Å²) >= 11 is 11.9. The minimum absolute atomic E-state index is 0.0436. The van der Waals surface area contributed by atoms with Gasteiger partial charge in [-0.3, -0.25) is 14.8 Å². The van der Waals surface area contributed by atoms with Crippen molar-refractivity contribution in [2.75, 3.05) is 11.5 Å². The molecule has 0 saturated carbocycles. The Bertz CT molecular complexity index is 1120. The molecule has 0 spiro atoms. The van der Waals surface area contributed by atoms with Gasteiger partial charge in [-0.1, -0.05) is 23.2 Å². The quantitative estimate of drug-likeness (QED) is 0.655. The maximum atomic E-state index is 13.8. The number of nitrogens with two attached hydrogens (primary N) is 1. The highest BCUT2D eigenvalue weighted by Gasteiger charge is 2.56. The Labute approximate surface area is 186 Å². The Balaban J connectivity index is 1.91. The molecule has 1 aliphatic heterocycles. The number of carbonyl (C=O) groups is 1. The molecule has 1 aliphatic rings. The fraction of sp³-hybridized carbons (Fsp3) is 0.389. The van der Waals surface area contributed by atoms with E-state index in [9.17, 15) is 27.3 Å². The van der Waals surface area contributed by atoms with Crippen molar-refractivity contribution in [2.24, 2.45) is 10.1 Å². The maximum absolute atomic E-state index is 13.8. The van der Waals surface area contributed by atoms with E-state index in [4.69, 9.17) is 28.9 Å². The number of aliphatic hydroxyl groups is 1. The Kier molecular flexibility index (Phi) is 6.64. The van der Waals surface area contributed by atoms with Gasteiger partial charge >= 0.3 is 6.18 Å².